The fourth-order valence-corrected chi connectivity index (χ4v) is 3.00. The Bertz CT molecular complexity index is 934. The number of fused-ring (bicyclic) bond motifs is 1. The number of benzene rings is 2. The van der Waals surface area contributed by atoms with Crippen molar-refractivity contribution in [3.63, 3.8) is 0 Å². The van der Waals surface area contributed by atoms with Gasteiger partial charge >= 0.3 is 5.97 Å². The van der Waals surface area contributed by atoms with Gasteiger partial charge in [0.1, 0.15) is 17.2 Å². The predicted octanol–water partition coefficient (Wildman–Crippen LogP) is 4.01. The summed E-state index contributed by atoms with van der Waals surface area (Å²) in [5.41, 5.74) is 1.13. The molecule has 1 aliphatic heterocycles. The lowest BCUT2D eigenvalue weighted by Crippen LogP contribution is -2.24. The molecule has 0 N–H and O–H groups in total. The Morgan fingerprint density at radius 2 is 1.96 bits per heavy atom. The van der Waals surface area contributed by atoms with Crippen LogP contribution in [0.1, 0.15) is 22.8 Å². The van der Waals surface area contributed by atoms with Gasteiger partial charge < -0.3 is 18.9 Å². The topological polar surface area (TPSA) is 71.1 Å². The fraction of sp³-hybridized carbons (Fsp3) is 0.200. The average Bonchev–Trinajstić information content (AvgIpc) is 2.96. The summed E-state index contributed by atoms with van der Waals surface area (Å²) in [6.45, 7) is 1.58. The Balaban J connectivity index is 1.87. The summed E-state index contributed by atoms with van der Waals surface area (Å²) in [6, 6.07) is 10.3. The first-order valence-corrected chi connectivity index (χ1v) is 8.88. The number of carbonyl (C=O) groups excluding carboxylic acids is 2. The number of ether oxygens (including phenoxy) is 4. The first-order valence-electron chi connectivity index (χ1n) is 8.09. The van der Waals surface area contributed by atoms with Gasteiger partial charge in [-0.15, -0.1) is 0 Å². The minimum absolute atomic E-state index is 0.180. The molecule has 0 saturated heterocycles. The molecule has 0 unspecified atom stereocenters. The minimum atomic E-state index is -0.772. The largest absolute Gasteiger partial charge is 0.496 e. The predicted molar refractivity (Wildman–Crippen MR) is 102 cm³/mol. The zero-order valence-corrected chi connectivity index (χ0v) is 16.5. The van der Waals surface area contributed by atoms with Crippen molar-refractivity contribution in [1.82, 2.24) is 0 Å². The van der Waals surface area contributed by atoms with Crippen molar-refractivity contribution in [3.05, 3.63) is 57.8 Å². The number of Topliss-reactive ketones (excluding diaryl/α,β-unsaturated/α-hetero) is 1. The molecule has 1 atom stereocenters. The van der Waals surface area contributed by atoms with Crippen LogP contribution in [0.2, 0.25) is 0 Å². The summed E-state index contributed by atoms with van der Waals surface area (Å²) in [5, 5.41) is 0. The summed E-state index contributed by atoms with van der Waals surface area (Å²) in [4.78, 5) is 24.1. The number of rotatable bonds is 5. The second-order valence-electron chi connectivity index (χ2n) is 5.77. The molecule has 0 aliphatic carbocycles. The number of methoxy groups -OCH3 is 2. The molecular formula is C20H17BrO6. The maximum absolute atomic E-state index is 12.6. The zero-order chi connectivity index (χ0) is 19.6. The number of hydrogen-bond donors (Lipinski definition) is 0. The molecule has 27 heavy (non-hydrogen) atoms. The molecule has 0 saturated carbocycles. The highest BCUT2D eigenvalue weighted by atomic mass is 79.9. The fourth-order valence-electron chi connectivity index (χ4n) is 2.62. The summed E-state index contributed by atoms with van der Waals surface area (Å²) >= 11 is 3.40. The van der Waals surface area contributed by atoms with Gasteiger partial charge in [-0.25, -0.2) is 4.79 Å². The number of esters is 1. The Morgan fingerprint density at radius 1 is 1.19 bits per heavy atom. The van der Waals surface area contributed by atoms with Gasteiger partial charge in [0, 0.05) is 16.1 Å². The van der Waals surface area contributed by atoms with Crippen LogP contribution < -0.4 is 14.2 Å². The Morgan fingerprint density at radius 3 is 2.67 bits per heavy atom. The van der Waals surface area contributed by atoms with E-state index >= 15 is 0 Å². The van der Waals surface area contributed by atoms with Crippen LogP contribution >= 0.6 is 15.9 Å². The summed E-state index contributed by atoms with van der Waals surface area (Å²) < 4.78 is 22.0. The quantitative estimate of drug-likeness (QED) is 0.524. The van der Waals surface area contributed by atoms with Crippen LogP contribution in [0.15, 0.2) is 46.6 Å². The van der Waals surface area contributed by atoms with E-state index in [1.165, 1.54) is 7.11 Å². The molecule has 0 aromatic heterocycles. The summed E-state index contributed by atoms with van der Waals surface area (Å²) in [6.07, 6.45) is 0.856. The second-order valence-corrected chi connectivity index (χ2v) is 6.68. The normalized spacial score (nSPS) is 15.1. The maximum atomic E-state index is 12.6. The van der Waals surface area contributed by atoms with Crippen LogP contribution in [0.5, 0.6) is 17.2 Å². The molecule has 6 nitrogen and oxygen atoms in total. The molecule has 1 aliphatic rings. The number of allylic oxidation sites excluding steroid dienone is 1. The van der Waals surface area contributed by atoms with Crippen molar-refractivity contribution in [2.75, 3.05) is 14.2 Å². The van der Waals surface area contributed by atoms with Crippen molar-refractivity contribution in [3.8, 4) is 17.2 Å². The standard InChI is InChI=1S/C20H17BrO6/c1-11(20(23)25-3)26-14-5-6-15-17(10-14)27-18(19(15)22)9-12-8-13(21)4-7-16(12)24-2/h4-11H,1-3H3/t11-/m1/s1. The highest BCUT2D eigenvalue weighted by Gasteiger charge is 2.28. The van der Waals surface area contributed by atoms with Crippen LogP contribution in [-0.2, 0) is 9.53 Å². The smallest absolute Gasteiger partial charge is 0.346 e. The van der Waals surface area contributed by atoms with Crippen molar-refractivity contribution in [2.24, 2.45) is 0 Å². The highest BCUT2D eigenvalue weighted by molar-refractivity contribution is 9.10. The number of carbonyl (C=O) groups is 2. The van der Waals surface area contributed by atoms with Crippen LogP contribution in [0.4, 0.5) is 0 Å². The minimum Gasteiger partial charge on any atom is -0.496 e. The highest BCUT2D eigenvalue weighted by Crippen LogP contribution is 2.36. The first kappa shape index (κ1) is 19.0. The molecule has 0 amide bonds. The third-order valence-corrected chi connectivity index (χ3v) is 4.46. The van der Waals surface area contributed by atoms with Crippen molar-refractivity contribution >= 4 is 33.8 Å². The summed E-state index contributed by atoms with van der Waals surface area (Å²) in [7, 11) is 2.85. The summed E-state index contributed by atoms with van der Waals surface area (Å²) in [5.74, 6) is 0.846. The van der Waals surface area contributed by atoms with Crippen LogP contribution in [0.3, 0.4) is 0 Å². The van der Waals surface area contributed by atoms with Crippen molar-refractivity contribution in [2.45, 2.75) is 13.0 Å². The molecule has 0 fully saturated rings. The SMILES string of the molecule is COC(=O)[C@@H](C)Oc1ccc2c(c1)OC(=Cc1cc(Br)ccc1OC)C2=O. The van der Waals surface area contributed by atoms with Gasteiger partial charge in [0.05, 0.1) is 19.8 Å². The van der Waals surface area contributed by atoms with E-state index < -0.39 is 12.1 Å². The molecule has 7 heteroatoms. The first-order chi connectivity index (χ1) is 12.9. The van der Waals surface area contributed by atoms with Gasteiger partial charge in [-0.3, -0.25) is 4.79 Å². The van der Waals surface area contributed by atoms with Gasteiger partial charge in [-0.05, 0) is 43.3 Å². The second kappa shape index (κ2) is 7.84. The van der Waals surface area contributed by atoms with Crippen LogP contribution in [0, 0.1) is 0 Å². The maximum Gasteiger partial charge on any atom is 0.346 e. The molecule has 0 radical (unpaired) electrons. The van der Waals surface area contributed by atoms with E-state index in [0.29, 0.717) is 28.4 Å². The van der Waals surface area contributed by atoms with E-state index in [4.69, 9.17) is 14.2 Å². The van der Waals surface area contributed by atoms with Crippen LogP contribution in [0.25, 0.3) is 6.08 Å². The molecular weight excluding hydrogens is 416 g/mol. The lowest BCUT2D eigenvalue weighted by Gasteiger charge is -2.12. The Hall–Kier alpha value is -2.80. The van der Waals surface area contributed by atoms with E-state index in [1.54, 1.807) is 44.4 Å². The third kappa shape index (κ3) is 3.98. The van der Waals surface area contributed by atoms with Gasteiger partial charge in [0.25, 0.3) is 0 Å². The Labute approximate surface area is 164 Å². The molecule has 3 rings (SSSR count). The monoisotopic (exact) mass is 432 g/mol. The molecule has 2 aromatic rings. The molecule has 0 spiro atoms. The average molecular weight is 433 g/mol. The van der Waals surface area contributed by atoms with Gasteiger partial charge in [-0.1, -0.05) is 15.9 Å². The van der Waals surface area contributed by atoms with E-state index in [9.17, 15) is 9.59 Å². The number of ketones is 1. The lowest BCUT2D eigenvalue weighted by atomic mass is 10.1. The van der Waals surface area contributed by atoms with E-state index in [0.717, 1.165) is 4.47 Å². The lowest BCUT2D eigenvalue weighted by molar-refractivity contribution is -0.147. The third-order valence-electron chi connectivity index (χ3n) is 3.97. The molecule has 2 aromatic carbocycles. The van der Waals surface area contributed by atoms with Gasteiger partial charge in [0.15, 0.2) is 11.9 Å². The van der Waals surface area contributed by atoms with Gasteiger partial charge in [-0.2, -0.15) is 0 Å². The van der Waals surface area contributed by atoms with Crippen LogP contribution in [-0.4, -0.2) is 32.1 Å². The number of hydrogen-bond acceptors (Lipinski definition) is 6. The number of halogens is 1. The van der Waals surface area contributed by atoms with E-state index in [1.807, 2.05) is 12.1 Å². The zero-order valence-electron chi connectivity index (χ0n) is 14.9. The molecule has 140 valence electrons. The Kier molecular flexibility index (Phi) is 5.51. The van der Waals surface area contributed by atoms with E-state index in [-0.39, 0.29) is 11.5 Å². The van der Waals surface area contributed by atoms with Crippen molar-refractivity contribution in [1.29, 1.82) is 0 Å². The van der Waals surface area contributed by atoms with Crippen molar-refractivity contribution < 1.29 is 28.5 Å². The van der Waals surface area contributed by atoms with E-state index in [2.05, 4.69) is 20.7 Å². The molecule has 1 heterocycles. The van der Waals surface area contributed by atoms with Gasteiger partial charge in [0.2, 0.25) is 5.78 Å². The molecule has 0 bridgehead atoms.